The van der Waals surface area contributed by atoms with Crippen LogP contribution >= 0.6 is 23.4 Å². The van der Waals surface area contributed by atoms with Crippen molar-refractivity contribution in [3.8, 4) is 5.75 Å². The second-order valence-electron chi connectivity index (χ2n) is 10.7. The molecule has 37 heavy (non-hydrogen) atoms. The van der Waals surface area contributed by atoms with Gasteiger partial charge in [-0.1, -0.05) is 48.8 Å². The molecule has 1 saturated carbocycles. The van der Waals surface area contributed by atoms with Crippen molar-refractivity contribution in [3.05, 3.63) is 52.5 Å². The number of aliphatic hydroxyl groups excluding tert-OH is 1. The fourth-order valence-electron chi connectivity index (χ4n) is 4.26. The predicted molar refractivity (Wildman–Crippen MR) is 149 cm³/mol. The minimum atomic E-state index is -0.773. The smallest absolute Gasteiger partial charge is 0.408 e. The van der Waals surface area contributed by atoms with Gasteiger partial charge in [-0.2, -0.15) is 0 Å². The van der Waals surface area contributed by atoms with Crippen molar-refractivity contribution in [2.75, 3.05) is 20.5 Å². The quantitative estimate of drug-likeness (QED) is 0.254. The van der Waals surface area contributed by atoms with Gasteiger partial charge in [-0.3, -0.25) is 0 Å². The second kappa shape index (κ2) is 13.2. The summed E-state index contributed by atoms with van der Waals surface area (Å²) in [7, 11) is 1.61. The number of nitrogens with one attached hydrogen (secondary N) is 1. The van der Waals surface area contributed by atoms with Gasteiger partial charge in [-0.05, 0) is 94.2 Å². The van der Waals surface area contributed by atoms with Crippen molar-refractivity contribution in [2.45, 2.75) is 93.1 Å². The first-order valence-electron chi connectivity index (χ1n) is 12.9. The van der Waals surface area contributed by atoms with Gasteiger partial charge in [-0.15, -0.1) is 0 Å². The van der Waals surface area contributed by atoms with Gasteiger partial charge in [0.2, 0.25) is 0 Å². The van der Waals surface area contributed by atoms with Crippen LogP contribution in [0.15, 0.2) is 46.2 Å². The van der Waals surface area contributed by atoms with Crippen LogP contribution in [-0.4, -0.2) is 42.8 Å². The number of carbonyl (C=O) groups is 1. The summed E-state index contributed by atoms with van der Waals surface area (Å²) in [5.74, 6) is 1.43. The molecule has 0 radical (unpaired) electrons. The van der Waals surface area contributed by atoms with Gasteiger partial charge in [-0.25, -0.2) is 4.79 Å². The third kappa shape index (κ3) is 9.10. The maximum Gasteiger partial charge on any atom is 0.408 e. The molecular formula is C29H40ClNO5S. The minimum Gasteiger partial charge on any atom is -0.466 e. The minimum absolute atomic E-state index is 0.173. The van der Waals surface area contributed by atoms with E-state index < -0.39 is 17.2 Å². The molecule has 1 aliphatic rings. The molecule has 6 nitrogen and oxygen atoms in total. The van der Waals surface area contributed by atoms with Crippen LogP contribution in [0.1, 0.15) is 76.8 Å². The summed E-state index contributed by atoms with van der Waals surface area (Å²) in [5.41, 5.74) is 0.920. The molecule has 0 unspecified atom stereocenters. The summed E-state index contributed by atoms with van der Waals surface area (Å²) < 4.78 is 16.3. The average molecular weight is 550 g/mol. The van der Waals surface area contributed by atoms with Crippen LogP contribution in [0.5, 0.6) is 5.75 Å². The molecule has 1 fully saturated rings. The summed E-state index contributed by atoms with van der Waals surface area (Å²) >= 11 is 8.33. The number of halogens is 1. The SMILES string of the molecule is CCC[C@@](CO)(CCc1ccc(Sc2cc(C3CC3)ccc2OCOC)cc1Cl)NC(=O)OC(C)(C)C. The molecule has 204 valence electrons. The molecule has 0 bridgehead atoms. The number of benzene rings is 2. The highest BCUT2D eigenvalue weighted by molar-refractivity contribution is 7.99. The number of carbonyl (C=O) groups excluding carboxylic acids is 1. The molecule has 1 amide bonds. The molecule has 0 spiro atoms. The number of ether oxygens (including phenoxy) is 3. The van der Waals surface area contributed by atoms with Crippen molar-refractivity contribution >= 4 is 29.5 Å². The molecule has 2 N–H and O–H groups in total. The van der Waals surface area contributed by atoms with Gasteiger partial charge >= 0.3 is 6.09 Å². The second-order valence-corrected chi connectivity index (χ2v) is 12.2. The van der Waals surface area contributed by atoms with E-state index in [0.717, 1.165) is 27.5 Å². The van der Waals surface area contributed by atoms with Crippen molar-refractivity contribution in [1.82, 2.24) is 5.32 Å². The van der Waals surface area contributed by atoms with E-state index in [4.69, 9.17) is 25.8 Å². The van der Waals surface area contributed by atoms with Gasteiger partial charge in [0.05, 0.1) is 17.0 Å². The fourth-order valence-corrected chi connectivity index (χ4v) is 5.59. The molecule has 0 saturated heterocycles. The molecule has 2 aromatic rings. The van der Waals surface area contributed by atoms with E-state index in [1.807, 2.05) is 45.9 Å². The van der Waals surface area contributed by atoms with E-state index in [-0.39, 0.29) is 13.4 Å². The Labute approximate surface area is 230 Å². The number of hydrogen-bond acceptors (Lipinski definition) is 6. The Kier molecular flexibility index (Phi) is 10.6. The lowest BCUT2D eigenvalue weighted by molar-refractivity contribution is 0.0373. The largest absolute Gasteiger partial charge is 0.466 e. The normalized spacial score (nSPS) is 15.2. The van der Waals surface area contributed by atoms with Crippen molar-refractivity contribution < 1.29 is 24.1 Å². The van der Waals surface area contributed by atoms with Crippen LogP contribution in [0.2, 0.25) is 5.02 Å². The standard InChI is InChI=1S/C29H40ClNO5S/c1-6-14-29(18-32,31-27(33)36-28(2,3)4)15-13-21-9-11-23(17-24(21)30)37-26-16-22(20-7-8-20)10-12-25(26)35-19-34-5/h9-12,16-17,20,32H,6-8,13-15,18-19H2,1-5H3,(H,31,33)/t29-/m0/s1. The molecule has 1 atom stereocenters. The Balaban J connectivity index is 1.72. The van der Waals surface area contributed by atoms with Crippen molar-refractivity contribution in [3.63, 3.8) is 0 Å². The van der Waals surface area contributed by atoms with E-state index in [2.05, 4.69) is 23.5 Å². The van der Waals surface area contributed by atoms with Crippen LogP contribution in [0, 0.1) is 0 Å². The van der Waals surface area contributed by atoms with Crippen LogP contribution in [0.3, 0.4) is 0 Å². The highest BCUT2D eigenvalue weighted by atomic mass is 35.5. The lowest BCUT2D eigenvalue weighted by Gasteiger charge is -2.34. The first kappa shape index (κ1) is 29.6. The first-order chi connectivity index (χ1) is 17.6. The lowest BCUT2D eigenvalue weighted by Crippen LogP contribution is -2.53. The summed E-state index contributed by atoms with van der Waals surface area (Å²) in [4.78, 5) is 14.5. The van der Waals surface area contributed by atoms with Crippen molar-refractivity contribution in [1.29, 1.82) is 0 Å². The van der Waals surface area contributed by atoms with Gasteiger partial charge in [0.15, 0.2) is 6.79 Å². The maximum absolute atomic E-state index is 12.5. The molecule has 8 heteroatoms. The number of amides is 1. The van der Waals surface area contributed by atoms with Gasteiger partial charge in [0.1, 0.15) is 11.4 Å². The molecule has 2 aromatic carbocycles. The third-order valence-corrected chi connectivity index (χ3v) is 7.65. The zero-order valence-electron chi connectivity index (χ0n) is 22.6. The molecule has 1 aliphatic carbocycles. The van der Waals surface area contributed by atoms with E-state index in [1.165, 1.54) is 18.4 Å². The van der Waals surface area contributed by atoms with Gasteiger partial charge in [0, 0.05) is 17.0 Å². The van der Waals surface area contributed by atoms with Crippen LogP contribution in [0.4, 0.5) is 4.79 Å². The number of methoxy groups -OCH3 is 1. The molecule has 0 aromatic heterocycles. The summed E-state index contributed by atoms with van der Waals surface area (Å²) in [6, 6.07) is 12.4. The average Bonchev–Trinajstić information content (AvgIpc) is 3.67. The fraction of sp³-hybridized carbons (Fsp3) is 0.552. The maximum atomic E-state index is 12.5. The van der Waals surface area contributed by atoms with E-state index >= 15 is 0 Å². The molecule has 0 heterocycles. The number of aliphatic hydroxyl groups is 1. The van der Waals surface area contributed by atoms with Crippen LogP contribution in [-0.2, 0) is 15.9 Å². The van der Waals surface area contributed by atoms with Crippen LogP contribution in [0.25, 0.3) is 0 Å². The van der Waals surface area contributed by atoms with Crippen LogP contribution < -0.4 is 10.1 Å². The number of rotatable bonds is 13. The Morgan fingerprint density at radius 2 is 1.92 bits per heavy atom. The molecule has 3 rings (SSSR count). The summed E-state index contributed by atoms with van der Waals surface area (Å²) in [6.07, 6.45) is 4.55. The topological polar surface area (TPSA) is 77.0 Å². The van der Waals surface area contributed by atoms with Crippen molar-refractivity contribution in [2.24, 2.45) is 0 Å². The molecule has 0 aliphatic heterocycles. The number of aryl methyl sites for hydroxylation is 1. The Bertz CT molecular complexity index is 1050. The highest BCUT2D eigenvalue weighted by Crippen LogP contribution is 2.44. The zero-order chi connectivity index (χ0) is 27.1. The summed E-state index contributed by atoms with van der Waals surface area (Å²) in [5, 5.41) is 13.8. The summed E-state index contributed by atoms with van der Waals surface area (Å²) in [6.45, 7) is 7.51. The third-order valence-electron chi connectivity index (χ3n) is 6.27. The Morgan fingerprint density at radius 1 is 1.16 bits per heavy atom. The van der Waals surface area contributed by atoms with E-state index in [1.54, 1.807) is 18.9 Å². The molecular weight excluding hydrogens is 510 g/mol. The van der Waals surface area contributed by atoms with Gasteiger partial charge in [0.25, 0.3) is 0 Å². The predicted octanol–water partition coefficient (Wildman–Crippen LogP) is 7.34. The van der Waals surface area contributed by atoms with E-state index in [0.29, 0.717) is 30.2 Å². The number of hydrogen-bond donors (Lipinski definition) is 2. The highest BCUT2D eigenvalue weighted by Gasteiger charge is 2.32. The van der Waals surface area contributed by atoms with E-state index in [9.17, 15) is 9.90 Å². The Hall–Kier alpha value is -1.93. The monoisotopic (exact) mass is 549 g/mol. The Morgan fingerprint density at radius 3 is 2.51 bits per heavy atom. The number of alkyl carbamates (subject to hydrolysis) is 1. The van der Waals surface area contributed by atoms with Gasteiger partial charge < -0.3 is 24.6 Å². The first-order valence-corrected chi connectivity index (χ1v) is 14.1. The zero-order valence-corrected chi connectivity index (χ0v) is 24.1. The lowest BCUT2D eigenvalue weighted by atomic mass is 9.87.